The van der Waals surface area contributed by atoms with Gasteiger partial charge in [0.05, 0.1) is 11.1 Å². The molecular weight excluding hydrogens is 377 g/mol. The van der Waals surface area contributed by atoms with Gasteiger partial charge in [0.2, 0.25) is 0 Å². The van der Waals surface area contributed by atoms with E-state index < -0.39 is 11.4 Å². The first-order valence-corrected chi connectivity index (χ1v) is 9.85. The normalized spacial score (nSPS) is 14.6. The molecule has 1 N–H and O–H groups in total. The molecule has 3 aromatic rings. The molecule has 0 spiro atoms. The van der Waals surface area contributed by atoms with Crippen LogP contribution in [0.1, 0.15) is 23.2 Å². The Bertz CT molecular complexity index is 1030. The fraction of sp³-hybridized carbons (Fsp3) is 0.227. The Morgan fingerprint density at radius 1 is 1.11 bits per heavy atom. The number of hydrogen-bond donors (Lipinski definition) is 1. The summed E-state index contributed by atoms with van der Waals surface area (Å²) in [4.78, 5) is 29.1. The molecule has 6 heteroatoms. The van der Waals surface area contributed by atoms with Gasteiger partial charge in [0.1, 0.15) is 16.6 Å². The molecule has 0 radical (unpaired) electrons. The minimum Gasteiger partial charge on any atom is -0.481 e. The van der Waals surface area contributed by atoms with E-state index in [9.17, 15) is 19.1 Å². The number of carbonyl (C=O) groups is 2. The number of carbonyl (C=O) groups excluding carboxylic acids is 1. The van der Waals surface area contributed by atoms with Crippen LogP contribution in [0.25, 0.3) is 10.6 Å². The number of halogens is 1. The maximum atomic E-state index is 13.4. The molecule has 2 aromatic carbocycles. The molecule has 4 nitrogen and oxygen atoms in total. The number of rotatable bonds is 6. The molecule has 0 aliphatic heterocycles. The molecule has 0 saturated heterocycles. The number of carboxylic acids is 1. The Balaban J connectivity index is 1.48. The lowest BCUT2D eigenvalue weighted by atomic mass is 9.79. The highest BCUT2D eigenvalue weighted by atomic mass is 32.1. The number of carboxylic acid groups (broad SMARTS) is 1. The second-order valence-electron chi connectivity index (χ2n) is 7.25. The molecule has 0 unspecified atom stereocenters. The molecule has 4 rings (SSSR count). The highest BCUT2D eigenvalue weighted by Gasteiger charge is 2.45. The van der Waals surface area contributed by atoms with Gasteiger partial charge in [0.15, 0.2) is 0 Å². The van der Waals surface area contributed by atoms with E-state index in [1.807, 2.05) is 24.3 Å². The molecule has 0 fully saturated rings. The van der Waals surface area contributed by atoms with Crippen molar-refractivity contribution in [3.8, 4) is 10.6 Å². The molecule has 1 aliphatic rings. The molecule has 1 aromatic heterocycles. The van der Waals surface area contributed by atoms with Crippen LogP contribution in [0.5, 0.6) is 0 Å². The first kappa shape index (κ1) is 18.5. The van der Waals surface area contributed by atoms with E-state index in [1.54, 1.807) is 17.5 Å². The monoisotopic (exact) mass is 395 g/mol. The highest BCUT2D eigenvalue weighted by Crippen LogP contribution is 2.40. The first-order chi connectivity index (χ1) is 13.4. The zero-order valence-corrected chi connectivity index (χ0v) is 15.8. The average molecular weight is 395 g/mol. The molecule has 0 atom stereocenters. The van der Waals surface area contributed by atoms with Crippen molar-refractivity contribution in [1.82, 2.24) is 4.98 Å². The van der Waals surface area contributed by atoms with Gasteiger partial charge >= 0.3 is 5.97 Å². The minimum absolute atomic E-state index is 0.0240. The van der Waals surface area contributed by atoms with Gasteiger partial charge in [-0.25, -0.2) is 9.37 Å². The molecule has 0 amide bonds. The predicted octanol–water partition coefficient (Wildman–Crippen LogP) is 4.32. The number of nitrogens with zero attached hydrogens (tertiary/aromatic N) is 1. The van der Waals surface area contributed by atoms with Gasteiger partial charge in [-0.05, 0) is 36.1 Å². The summed E-state index contributed by atoms with van der Waals surface area (Å²) < 4.78 is 13.4. The largest absolute Gasteiger partial charge is 0.481 e. The summed E-state index contributed by atoms with van der Waals surface area (Å²) >= 11 is 1.34. The summed E-state index contributed by atoms with van der Waals surface area (Å²) in [6.07, 6.45) is 0.798. The second kappa shape index (κ2) is 7.28. The van der Waals surface area contributed by atoms with Crippen LogP contribution in [-0.4, -0.2) is 21.8 Å². The van der Waals surface area contributed by atoms with E-state index in [2.05, 4.69) is 4.98 Å². The fourth-order valence-corrected chi connectivity index (χ4v) is 4.65. The Kier molecular flexibility index (Phi) is 4.81. The maximum Gasteiger partial charge on any atom is 0.310 e. The third-order valence-corrected chi connectivity index (χ3v) is 6.11. The van der Waals surface area contributed by atoms with Crippen molar-refractivity contribution < 1.29 is 19.1 Å². The van der Waals surface area contributed by atoms with Crippen molar-refractivity contribution in [2.45, 2.75) is 25.7 Å². The summed E-state index contributed by atoms with van der Waals surface area (Å²) in [5, 5.41) is 12.2. The standard InChI is InChI=1S/C22H18FNO3S/c23-17-7-3-6-14(8-17)20-24-18(13-28-20)9-19(25)12-22(21(26)27)10-15-4-1-2-5-16(15)11-22/h1-8,13H,9-12H2,(H,26,27). The van der Waals surface area contributed by atoms with E-state index in [0.717, 1.165) is 11.1 Å². The summed E-state index contributed by atoms with van der Waals surface area (Å²) in [5.41, 5.74) is 2.17. The van der Waals surface area contributed by atoms with Crippen molar-refractivity contribution >= 4 is 23.1 Å². The smallest absolute Gasteiger partial charge is 0.310 e. The third-order valence-electron chi connectivity index (χ3n) is 5.17. The van der Waals surface area contributed by atoms with Gasteiger partial charge in [-0.2, -0.15) is 0 Å². The average Bonchev–Trinajstić information content (AvgIpc) is 3.26. The SMILES string of the molecule is O=C(Cc1csc(-c2cccc(F)c2)n1)CC1(C(=O)O)Cc2ccccc2C1. The van der Waals surface area contributed by atoms with Gasteiger partial charge in [-0.1, -0.05) is 36.4 Å². The number of thiazole rings is 1. The number of aromatic nitrogens is 1. The summed E-state index contributed by atoms with van der Waals surface area (Å²) in [7, 11) is 0. The van der Waals surface area contributed by atoms with Crippen LogP contribution < -0.4 is 0 Å². The third kappa shape index (κ3) is 3.60. The Labute approximate surface area is 165 Å². The topological polar surface area (TPSA) is 67.3 Å². The lowest BCUT2D eigenvalue weighted by Gasteiger charge is -2.22. The number of Topliss-reactive ketones (excluding diaryl/α,β-unsaturated/α-hetero) is 1. The van der Waals surface area contributed by atoms with Gasteiger partial charge in [-0.15, -0.1) is 11.3 Å². The van der Waals surface area contributed by atoms with Crippen LogP contribution in [0.4, 0.5) is 4.39 Å². The van der Waals surface area contributed by atoms with Gasteiger partial charge in [0, 0.05) is 23.8 Å². The molecule has 1 aliphatic carbocycles. The van der Waals surface area contributed by atoms with Gasteiger partial charge in [0.25, 0.3) is 0 Å². The van der Waals surface area contributed by atoms with Crippen molar-refractivity contribution in [2.24, 2.45) is 5.41 Å². The van der Waals surface area contributed by atoms with Crippen LogP contribution in [0.3, 0.4) is 0 Å². The Morgan fingerprint density at radius 2 is 1.82 bits per heavy atom. The molecule has 28 heavy (non-hydrogen) atoms. The highest BCUT2D eigenvalue weighted by molar-refractivity contribution is 7.13. The second-order valence-corrected chi connectivity index (χ2v) is 8.11. The van der Waals surface area contributed by atoms with Crippen LogP contribution >= 0.6 is 11.3 Å². The molecular formula is C22H18FNO3S. The zero-order chi connectivity index (χ0) is 19.7. The van der Waals surface area contributed by atoms with Crippen LogP contribution in [0.15, 0.2) is 53.9 Å². The van der Waals surface area contributed by atoms with Gasteiger partial charge < -0.3 is 5.11 Å². The number of aliphatic carboxylic acids is 1. The van der Waals surface area contributed by atoms with Crippen molar-refractivity contribution in [1.29, 1.82) is 0 Å². The fourth-order valence-electron chi connectivity index (χ4n) is 3.83. The number of benzene rings is 2. The zero-order valence-electron chi connectivity index (χ0n) is 15.0. The Morgan fingerprint density at radius 3 is 2.46 bits per heavy atom. The van der Waals surface area contributed by atoms with E-state index >= 15 is 0 Å². The van der Waals surface area contributed by atoms with Crippen LogP contribution in [0.2, 0.25) is 0 Å². The van der Waals surface area contributed by atoms with E-state index in [4.69, 9.17) is 0 Å². The minimum atomic E-state index is -1.08. The quantitative estimate of drug-likeness (QED) is 0.675. The summed E-state index contributed by atoms with van der Waals surface area (Å²) in [6.45, 7) is 0. The van der Waals surface area contributed by atoms with Gasteiger partial charge in [-0.3, -0.25) is 9.59 Å². The Hall–Kier alpha value is -2.86. The molecule has 0 bridgehead atoms. The number of fused-ring (bicyclic) bond motifs is 1. The lowest BCUT2D eigenvalue weighted by Crippen LogP contribution is -2.34. The van der Waals surface area contributed by atoms with Crippen molar-refractivity contribution in [3.63, 3.8) is 0 Å². The van der Waals surface area contributed by atoms with Crippen molar-refractivity contribution in [2.75, 3.05) is 0 Å². The van der Waals surface area contributed by atoms with E-state index in [0.29, 0.717) is 29.1 Å². The van der Waals surface area contributed by atoms with Crippen LogP contribution in [-0.2, 0) is 28.9 Å². The van der Waals surface area contributed by atoms with Crippen LogP contribution in [0, 0.1) is 11.2 Å². The molecule has 142 valence electrons. The molecule has 1 heterocycles. The van der Waals surface area contributed by atoms with E-state index in [1.165, 1.54) is 23.5 Å². The molecule has 0 saturated carbocycles. The summed E-state index contributed by atoms with van der Waals surface area (Å²) in [5.74, 6) is -1.42. The number of ketones is 1. The predicted molar refractivity (Wildman–Crippen MR) is 105 cm³/mol. The first-order valence-electron chi connectivity index (χ1n) is 8.97. The van der Waals surface area contributed by atoms with Crippen molar-refractivity contribution in [3.05, 3.63) is 76.5 Å². The maximum absolute atomic E-state index is 13.4. The summed E-state index contributed by atoms with van der Waals surface area (Å²) in [6, 6.07) is 13.8. The lowest BCUT2D eigenvalue weighted by molar-refractivity contribution is -0.151. The number of hydrogen-bond acceptors (Lipinski definition) is 4. The van der Waals surface area contributed by atoms with E-state index in [-0.39, 0.29) is 24.4 Å².